The molecule has 0 aromatic heterocycles. The van der Waals surface area contributed by atoms with Crippen LogP contribution in [0.5, 0.6) is 0 Å². The van der Waals surface area contributed by atoms with Gasteiger partial charge in [-0.05, 0) is 45.9 Å². The third-order valence-electron chi connectivity index (χ3n) is 4.02. The van der Waals surface area contributed by atoms with Gasteiger partial charge in [-0.2, -0.15) is 0 Å². The number of hydrogen-bond acceptors (Lipinski definition) is 0. The molecule has 0 saturated carbocycles. The molecule has 0 fully saturated rings. The van der Waals surface area contributed by atoms with Gasteiger partial charge in [0.15, 0.2) is 0 Å². The first-order valence-electron chi connectivity index (χ1n) is 7.28. The van der Waals surface area contributed by atoms with Gasteiger partial charge in [0.1, 0.15) is 0 Å². The highest BCUT2D eigenvalue weighted by Gasteiger charge is 2.17. The Morgan fingerprint density at radius 1 is 0.762 bits per heavy atom. The molecule has 0 heteroatoms. The molecule has 0 heterocycles. The Labute approximate surface area is 125 Å². The van der Waals surface area contributed by atoms with E-state index in [-0.39, 0.29) is 0 Å². The Balaban J connectivity index is 2.07. The monoisotopic (exact) mass is 267 g/mol. The SMILES string of the molecule is [C]1=CC=CCC1=C1c2ccccc2C=Cc2ccccc21. The highest BCUT2D eigenvalue weighted by Crippen LogP contribution is 2.37. The van der Waals surface area contributed by atoms with Crippen molar-refractivity contribution in [3.8, 4) is 0 Å². The second-order valence-corrected chi connectivity index (χ2v) is 5.30. The maximum atomic E-state index is 3.44. The van der Waals surface area contributed by atoms with Gasteiger partial charge in [0.05, 0.1) is 0 Å². The van der Waals surface area contributed by atoms with Gasteiger partial charge in [0.25, 0.3) is 0 Å². The minimum absolute atomic E-state index is 0.939. The van der Waals surface area contributed by atoms with E-state index in [4.69, 9.17) is 0 Å². The quantitative estimate of drug-likeness (QED) is 0.519. The van der Waals surface area contributed by atoms with E-state index < -0.39 is 0 Å². The summed E-state index contributed by atoms with van der Waals surface area (Å²) >= 11 is 0. The highest BCUT2D eigenvalue weighted by molar-refractivity contribution is 5.95. The van der Waals surface area contributed by atoms with E-state index in [1.165, 1.54) is 33.4 Å². The van der Waals surface area contributed by atoms with Crippen LogP contribution in [0.25, 0.3) is 17.7 Å². The Kier molecular flexibility index (Phi) is 2.93. The molecule has 99 valence electrons. The van der Waals surface area contributed by atoms with Crippen LogP contribution in [0.15, 0.2) is 72.3 Å². The number of rotatable bonds is 0. The molecule has 0 aliphatic heterocycles. The van der Waals surface area contributed by atoms with E-state index in [0.717, 1.165) is 6.42 Å². The molecule has 0 amide bonds. The van der Waals surface area contributed by atoms with E-state index in [0.29, 0.717) is 0 Å². The summed E-state index contributed by atoms with van der Waals surface area (Å²) in [7, 11) is 0. The molecule has 1 radical (unpaired) electrons. The van der Waals surface area contributed by atoms with Crippen molar-refractivity contribution in [2.45, 2.75) is 6.42 Å². The van der Waals surface area contributed by atoms with Crippen LogP contribution in [0, 0.1) is 6.08 Å². The van der Waals surface area contributed by atoms with Crippen molar-refractivity contribution in [2.24, 2.45) is 0 Å². The first kappa shape index (κ1) is 12.2. The standard InChI is InChI=1S/C21H15/c1-2-10-18(11-3-1)21-19-12-6-4-8-16(19)14-15-17-9-5-7-13-20(17)21/h1-9,12-15H,10H2. The van der Waals surface area contributed by atoms with Crippen molar-refractivity contribution in [2.75, 3.05) is 0 Å². The summed E-state index contributed by atoms with van der Waals surface area (Å²) in [5.41, 5.74) is 7.71. The molecule has 0 nitrogen and oxygen atoms in total. The molecule has 4 rings (SSSR count). The molecule has 0 bridgehead atoms. The summed E-state index contributed by atoms with van der Waals surface area (Å²) in [4.78, 5) is 0. The van der Waals surface area contributed by atoms with E-state index in [1.807, 2.05) is 6.08 Å². The summed E-state index contributed by atoms with van der Waals surface area (Å²) in [5.74, 6) is 0. The number of hydrogen-bond donors (Lipinski definition) is 0. The van der Waals surface area contributed by atoms with Gasteiger partial charge in [-0.15, -0.1) is 0 Å². The predicted molar refractivity (Wildman–Crippen MR) is 89.4 cm³/mol. The van der Waals surface area contributed by atoms with Crippen LogP contribution in [0.4, 0.5) is 0 Å². The van der Waals surface area contributed by atoms with Gasteiger partial charge in [-0.3, -0.25) is 0 Å². The molecule has 0 atom stereocenters. The van der Waals surface area contributed by atoms with Crippen molar-refractivity contribution in [3.63, 3.8) is 0 Å². The zero-order valence-electron chi connectivity index (χ0n) is 11.7. The normalized spacial score (nSPS) is 15.6. The Morgan fingerprint density at radius 2 is 1.38 bits per heavy atom. The number of fused-ring (bicyclic) bond motifs is 2. The first-order chi connectivity index (χ1) is 10.4. The largest absolute Gasteiger partial charge is 0.0801 e. The van der Waals surface area contributed by atoms with Crippen LogP contribution in [0.1, 0.15) is 28.7 Å². The van der Waals surface area contributed by atoms with Crippen molar-refractivity contribution < 1.29 is 0 Å². The highest BCUT2D eigenvalue weighted by atomic mass is 14.2. The average Bonchev–Trinajstić information content (AvgIpc) is 2.72. The van der Waals surface area contributed by atoms with Crippen LogP contribution in [-0.4, -0.2) is 0 Å². The smallest absolute Gasteiger partial charge is 0.00579 e. The van der Waals surface area contributed by atoms with Gasteiger partial charge in [-0.1, -0.05) is 78.9 Å². The van der Waals surface area contributed by atoms with Gasteiger partial charge in [0, 0.05) is 0 Å². The van der Waals surface area contributed by atoms with E-state index in [1.54, 1.807) is 0 Å². The summed E-state index contributed by atoms with van der Waals surface area (Å²) < 4.78 is 0. The Hall–Kier alpha value is -2.60. The summed E-state index contributed by atoms with van der Waals surface area (Å²) in [6.45, 7) is 0. The van der Waals surface area contributed by atoms with E-state index >= 15 is 0 Å². The van der Waals surface area contributed by atoms with Crippen molar-refractivity contribution in [1.29, 1.82) is 0 Å². The molecule has 2 aliphatic rings. The Morgan fingerprint density at radius 3 is 1.95 bits per heavy atom. The van der Waals surface area contributed by atoms with E-state index in [9.17, 15) is 0 Å². The van der Waals surface area contributed by atoms with Gasteiger partial charge >= 0.3 is 0 Å². The molecule has 0 unspecified atom stereocenters. The minimum Gasteiger partial charge on any atom is -0.0801 e. The minimum atomic E-state index is 0.939. The van der Waals surface area contributed by atoms with Crippen LogP contribution in [0.3, 0.4) is 0 Å². The lowest BCUT2D eigenvalue weighted by Crippen LogP contribution is -1.97. The third-order valence-corrected chi connectivity index (χ3v) is 4.02. The van der Waals surface area contributed by atoms with Crippen LogP contribution < -0.4 is 0 Å². The second kappa shape index (κ2) is 5.06. The summed E-state index contributed by atoms with van der Waals surface area (Å²) in [6.07, 6.45) is 15.1. The number of allylic oxidation sites excluding steroid dienone is 5. The topological polar surface area (TPSA) is 0 Å². The van der Waals surface area contributed by atoms with Crippen molar-refractivity contribution >= 4 is 17.7 Å². The van der Waals surface area contributed by atoms with Gasteiger partial charge < -0.3 is 0 Å². The predicted octanol–water partition coefficient (Wildman–Crippen LogP) is 5.29. The third kappa shape index (κ3) is 2.09. The molecule has 0 N–H and O–H groups in total. The fraction of sp³-hybridized carbons (Fsp3) is 0.0476. The van der Waals surface area contributed by atoms with Crippen molar-refractivity contribution in [1.82, 2.24) is 0 Å². The molecule has 2 aromatic carbocycles. The molecule has 0 spiro atoms. The maximum absolute atomic E-state index is 3.44. The van der Waals surface area contributed by atoms with E-state index in [2.05, 4.69) is 78.9 Å². The lowest BCUT2D eigenvalue weighted by atomic mass is 9.87. The zero-order chi connectivity index (χ0) is 14.1. The molecular formula is C21H15. The summed E-state index contributed by atoms with van der Waals surface area (Å²) in [5, 5.41) is 0. The van der Waals surface area contributed by atoms with Gasteiger partial charge in [-0.25, -0.2) is 0 Å². The lowest BCUT2D eigenvalue weighted by molar-refractivity contribution is 1.24. The lowest BCUT2D eigenvalue weighted by Gasteiger charge is -2.16. The molecule has 0 saturated heterocycles. The maximum Gasteiger partial charge on any atom is -0.00579 e. The summed E-state index contributed by atoms with van der Waals surface area (Å²) in [6, 6.07) is 17.2. The molecule has 2 aliphatic carbocycles. The second-order valence-electron chi connectivity index (χ2n) is 5.30. The van der Waals surface area contributed by atoms with Crippen LogP contribution in [-0.2, 0) is 0 Å². The Bertz CT molecular complexity index is 762. The fourth-order valence-electron chi connectivity index (χ4n) is 3.03. The molecular weight excluding hydrogens is 252 g/mol. The zero-order valence-corrected chi connectivity index (χ0v) is 11.7. The molecule has 21 heavy (non-hydrogen) atoms. The molecule has 2 aromatic rings. The first-order valence-corrected chi connectivity index (χ1v) is 7.28. The average molecular weight is 267 g/mol. The van der Waals surface area contributed by atoms with Crippen LogP contribution >= 0.6 is 0 Å². The van der Waals surface area contributed by atoms with Crippen molar-refractivity contribution in [3.05, 3.63) is 101 Å². The number of benzene rings is 2. The van der Waals surface area contributed by atoms with Gasteiger partial charge in [0.2, 0.25) is 0 Å². The fourth-order valence-corrected chi connectivity index (χ4v) is 3.03. The van der Waals surface area contributed by atoms with Crippen LogP contribution in [0.2, 0.25) is 0 Å².